The minimum Gasteiger partial charge on any atom is -0.346 e. The van der Waals surface area contributed by atoms with E-state index in [1.54, 1.807) is 0 Å². The predicted octanol–water partition coefficient (Wildman–Crippen LogP) is 0.887. The van der Waals surface area contributed by atoms with Gasteiger partial charge in [-0.2, -0.15) is 0 Å². The van der Waals surface area contributed by atoms with Crippen LogP contribution in [0, 0.1) is 0 Å². The monoisotopic (exact) mass is 162 g/mol. The van der Waals surface area contributed by atoms with Gasteiger partial charge in [0.05, 0.1) is 17.8 Å². The molecule has 2 heterocycles. The van der Waals surface area contributed by atoms with Crippen LogP contribution < -0.4 is 5.32 Å². The molecule has 62 valence electrons. The van der Waals surface area contributed by atoms with Gasteiger partial charge in [0.2, 0.25) is 0 Å². The van der Waals surface area contributed by atoms with Crippen LogP contribution >= 0.6 is 0 Å². The Morgan fingerprint density at radius 1 is 1.58 bits per heavy atom. The van der Waals surface area contributed by atoms with Gasteiger partial charge in [-0.1, -0.05) is 6.92 Å². The minimum absolute atomic E-state index is 0.000142. The van der Waals surface area contributed by atoms with Crippen LogP contribution in [0.1, 0.15) is 28.7 Å². The van der Waals surface area contributed by atoms with Crippen molar-refractivity contribution in [2.75, 3.05) is 0 Å². The minimum atomic E-state index is 0.000142. The van der Waals surface area contributed by atoms with Crippen LogP contribution in [0.25, 0.3) is 0 Å². The Morgan fingerprint density at radius 3 is 3.17 bits per heavy atom. The van der Waals surface area contributed by atoms with Crippen LogP contribution in [0.5, 0.6) is 0 Å². The maximum absolute atomic E-state index is 11.1. The lowest BCUT2D eigenvalue weighted by molar-refractivity contribution is 0.0966. The molecule has 0 aromatic carbocycles. The molecule has 1 aliphatic rings. The lowest BCUT2D eigenvalue weighted by Gasteiger charge is -1.97. The number of pyridine rings is 1. The number of carbonyl (C=O) groups is 1. The van der Waals surface area contributed by atoms with E-state index in [9.17, 15) is 4.79 Å². The van der Waals surface area contributed by atoms with Crippen LogP contribution in [0.15, 0.2) is 12.1 Å². The molecular weight excluding hydrogens is 152 g/mol. The lowest BCUT2D eigenvalue weighted by Crippen LogP contribution is -2.12. The number of hydrogen-bond donors (Lipinski definition) is 1. The standard InChI is InChI=1S/C9H10N2O/c1-2-6-3-4-7-8(11-6)5-10-9(7)12/h3-4H,2,5H2,1H3,(H,10,12). The summed E-state index contributed by atoms with van der Waals surface area (Å²) in [6, 6.07) is 3.76. The molecule has 0 fully saturated rings. The molecule has 1 N–H and O–H groups in total. The summed E-state index contributed by atoms with van der Waals surface area (Å²) in [5.41, 5.74) is 2.66. The van der Waals surface area contributed by atoms with Crippen molar-refractivity contribution in [2.45, 2.75) is 19.9 Å². The largest absolute Gasteiger partial charge is 0.346 e. The molecule has 1 aromatic heterocycles. The molecule has 3 nitrogen and oxygen atoms in total. The quantitative estimate of drug-likeness (QED) is 0.666. The smallest absolute Gasteiger partial charge is 0.253 e. The highest BCUT2D eigenvalue weighted by Crippen LogP contribution is 2.13. The van der Waals surface area contributed by atoms with E-state index >= 15 is 0 Å². The Labute approximate surface area is 70.8 Å². The number of carbonyl (C=O) groups excluding carboxylic acids is 1. The SMILES string of the molecule is CCc1ccc2c(n1)CNC2=O. The summed E-state index contributed by atoms with van der Waals surface area (Å²) in [5.74, 6) is 0.000142. The van der Waals surface area contributed by atoms with Gasteiger partial charge in [-0.25, -0.2) is 0 Å². The number of rotatable bonds is 1. The fourth-order valence-electron chi connectivity index (χ4n) is 1.34. The molecule has 3 heteroatoms. The van der Waals surface area contributed by atoms with Gasteiger partial charge in [-0.3, -0.25) is 9.78 Å². The molecule has 0 spiro atoms. The molecule has 12 heavy (non-hydrogen) atoms. The van der Waals surface area contributed by atoms with Crippen LogP contribution in [-0.2, 0) is 13.0 Å². The molecule has 0 saturated heterocycles. The Bertz CT molecular complexity index is 333. The summed E-state index contributed by atoms with van der Waals surface area (Å²) in [6.07, 6.45) is 0.918. The van der Waals surface area contributed by atoms with E-state index in [1.165, 1.54) is 0 Å². The number of amides is 1. The molecule has 0 atom stereocenters. The highest BCUT2D eigenvalue weighted by Gasteiger charge is 2.19. The van der Waals surface area contributed by atoms with Crippen LogP contribution in [0.4, 0.5) is 0 Å². The van der Waals surface area contributed by atoms with Crippen molar-refractivity contribution in [3.05, 3.63) is 29.1 Å². The summed E-state index contributed by atoms with van der Waals surface area (Å²) in [5, 5.41) is 2.73. The third kappa shape index (κ3) is 0.978. The zero-order valence-corrected chi connectivity index (χ0v) is 6.92. The van der Waals surface area contributed by atoms with E-state index < -0.39 is 0 Å². The summed E-state index contributed by atoms with van der Waals surface area (Å²) in [6.45, 7) is 2.64. The normalized spacial score (nSPS) is 14.2. The first kappa shape index (κ1) is 7.28. The van der Waals surface area contributed by atoms with E-state index in [1.807, 2.05) is 12.1 Å². The van der Waals surface area contributed by atoms with Gasteiger partial charge in [-0.05, 0) is 18.6 Å². The summed E-state index contributed by atoms with van der Waals surface area (Å²) < 4.78 is 0. The first-order valence-electron chi connectivity index (χ1n) is 4.08. The first-order valence-corrected chi connectivity index (χ1v) is 4.08. The number of nitrogens with one attached hydrogen (secondary N) is 1. The van der Waals surface area contributed by atoms with Gasteiger partial charge in [0.15, 0.2) is 0 Å². The van der Waals surface area contributed by atoms with E-state index in [0.717, 1.165) is 23.4 Å². The molecule has 0 radical (unpaired) electrons. The molecule has 0 unspecified atom stereocenters. The first-order chi connectivity index (χ1) is 5.81. The van der Waals surface area contributed by atoms with Gasteiger partial charge in [0.25, 0.3) is 5.91 Å². The van der Waals surface area contributed by atoms with Gasteiger partial charge < -0.3 is 5.32 Å². The maximum Gasteiger partial charge on any atom is 0.253 e. The van der Waals surface area contributed by atoms with Crippen LogP contribution in [0.3, 0.4) is 0 Å². The Morgan fingerprint density at radius 2 is 2.42 bits per heavy atom. The second-order valence-corrected chi connectivity index (χ2v) is 2.83. The number of aromatic nitrogens is 1. The van der Waals surface area contributed by atoms with Crippen molar-refractivity contribution in [1.82, 2.24) is 10.3 Å². The third-order valence-corrected chi connectivity index (χ3v) is 2.06. The van der Waals surface area contributed by atoms with Gasteiger partial charge in [0, 0.05) is 5.69 Å². The van der Waals surface area contributed by atoms with Crippen molar-refractivity contribution < 1.29 is 4.79 Å². The van der Waals surface area contributed by atoms with Gasteiger partial charge in [-0.15, -0.1) is 0 Å². The van der Waals surface area contributed by atoms with Crippen molar-refractivity contribution in [3.8, 4) is 0 Å². The second kappa shape index (κ2) is 2.59. The van der Waals surface area contributed by atoms with Gasteiger partial charge >= 0.3 is 0 Å². The molecule has 0 aliphatic carbocycles. The zero-order valence-electron chi connectivity index (χ0n) is 6.92. The van der Waals surface area contributed by atoms with E-state index in [0.29, 0.717) is 6.54 Å². The number of nitrogens with zero attached hydrogens (tertiary/aromatic N) is 1. The van der Waals surface area contributed by atoms with E-state index in [-0.39, 0.29) is 5.91 Å². The zero-order chi connectivity index (χ0) is 8.55. The topological polar surface area (TPSA) is 42.0 Å². The average Bonchev–Trinajstić information content (AvgIpc) is 2.47. The summed E-state index contributed by atoms with van der Waals surface area (Å²) in [4.78, 5) is 15.5. The average molecular weight is 162 g/mol. The van der Waals surface area contributed by atoms with Crippen LogP contribution in [0.2, 0.25) is 0 Å². The molecule has 1 aliphatic heterocycles. The van der Waals surface area contributed by atoms with E-state index in [4.69, 9.17) is 0 Å². The Balaban J connectivity index is 2.48. The number of fused-ring (bicyclic) bond motifs is 1. The van der Waals surface area contributed by atoms with Crippen molar-refractivity contribution in [3.63, 3.8) is 0 Å². The second-order valence-electron chi connectivity index (χ2n) is 2.83. The molecule has 1 amide bonds. The summed E-state index contributed by atoms with van der Waals surface area (Å²) in [7, 11) is 0. The Kier molecular flexibility index (Phi) is 1.57. The lowest BCUT2D eigenvalue weighted by atomic mass is 10.2. The molecule has 0 saturated carbocycles. The third-order valence-electron chi connectivity index (χ3n) is 2.06. The fraction of sp³-hybridized carbons (Fsp3) is 0.333. The molecule has 2 rings (SSSR count). The maximum atomic E-state index is 11.1. The predicted molar refractivity (Wildman–Crippen MR) is 44.8 cm³/mol. The molecular formula is C9H10N2O. The van der Waals surface area contributed by atoms with E-state index in [2.05, 4.69) is 17.2 Å². The van der Waals surface area contributed by atoms with Crippen molar-refractivity contribution in [1.29, 1.82) is 0 Å². The highest BCUT2D eigenvalue weighted by atomic mass is 16.1. The Hall–Kier alpha value is -1.38. The highest BCUT2D eigenvalue weighted by molar-refractivity contribution is 5.97. The van der Waals surface area contributed by atoms with Gasteiger partial charge in [0.1, 0.15) is 0 Å². The molecule has 1 aromatic rings. The fourth-order valence-corrected chi connectivity index (χ4v) is 1.34. The molecule has 0 bridgehead atoms. The van der Waals surface area contributed by atoms with Crippen molar-refractivity contribution in [2.24, 2.45) is 0 Å². The number of aryl methyl sites for hydroxylation is 1. The number of hydrogen-bond acceptors (Lipinski definition) is 2. The van der Waals surface area contributed by atoms with Crippen molar-refractivity contribution >= 4 is 5.91 Å². The summed E-state index contributed by atoms with van der Waals surface area (Å²) >= 11 is 0. The van der Waals surface area contributed by atoms with Crippen LogP contribution in [-0.4, -0.2) is 10.9 Å².